The van der Waals surface area contributed by atoms with Gasteiger partial charge in [0.15, 0.2) is 5.75 Å². The molecule has 2 aromatic heterocycles. The molecule has 0 unspecified atom stereocenters. The SMILES string of the molecule is CCN(c1ncnc(Oc2cccc3ccc(C)nc23)c1[N+](=O)[O-])c1cccc2ccccc12. The van der Waals surface area contributed by atoms with Crippen molar-refractivity contribution in [3.05, 3.63) is 94.9 Å². The molecule has 34 heavy (non-hydrogen) atoms. The fraction of sp³-hybridized carbons (Fsp3) is 0.115. The molecular weight excluding hydrogens is 430 g/mol. The van der Waals surface area contributed by atoms with Crippen molar-refractivity contribution in [1.29, 1.82) is 0 Å². The molecule has 0 radical (unpaired) electrons. The largest absolute Gasteiger partial charge is 0.431 e. The van der Waals surface area contributed by atoms with Gasteiger partial charge in [0.25, 0.3) is 0 Å². The number of para-hydroxylation sites is 1. The number of aromatic nitrogens is 3. The first-order valence-electron chi connectivity index (χ1n) is 10.9. The Morgan fingerprint density at radius 1 is 0.941 bits per heavy atom. The van der Waals surface area contributed by atoms with Crippen LogP contribution in [0.4, 0.5) is 17.2 Å². The Hall–Kier alpha value is -4.59. The second kappa shape index (κ2) is 8.74. The maximum atomic E-state index is 12.3. The first-order chi connectivity index (χ1) is 16.6. The van der Waals surface area contributed by atoms with Crippen LogP contribution in [0, 0.1) is 17.0 Å². The van der Waals surface area contributed by atoms with Crippen molar-refractivity contribution in [2.24, 2.45) is 0 Å². The highest BCUT2D eigenvalue weighted by atomic mass is 16.6. The molecule has 0 aliphatic carbocycles. The number of hydrogen-bond acceptors (Lipinski definition) is 7. The minimum absolute atomic E-state index is 0.135. The maximum Gasteiger partial charge on any atom is 0.373 e. The molecule has 5 aromatic rings. The van der Waals surface area contributed by atoms with Gasteiger partial charge in [0.05, 0.1) is 10.6 Å². The summed E-state index contributed by atoms with van der Waals surface area (Å²) < 4.78 is 6.02. The second-order valence-corrected chi connectivity index (χ2v) is 7.73. The third-order valence-electron chi connectivity index (χ3n) is 5.61. The van der Waals surface area contributed by atoms with Crippen LogP contribution in [0.2, 0.25) is 0 Å². The van der Waals surface area contributed by atoms with Crippen LogP contribution in [0.1, 0.15) is 12.6 Å². The lowest BCUT2D eigenvalue weighted by molar-refractivity contribution is -0.385. The lowest BCUT2D eigenvalue weighted by Crippen LogP contribution is -2.19. The van der Waals surface area contributed by atoms with E-state index in [0.717, 1.165) is 27.5 Å². The van der Waals surface area contributed by atoms with E-state index in [2.05, 4.69) is 15.0 Å². The minimum Gasteiger partial charge on any atom is -0.431 e. The molecule has 8 nitrogen and oxygen atoms in total. The quantitative estimate of drug-likeness (QED) is 0.219. The Bertz CT molecular complexity index is 1530. The number of pyridine rings is 1. The Balaban J connectivity index is 1.66. The number of benzene rings is 3. The molecule has 2 heterocycles. The molecule has 0 bridgehead atoms. The second-order valence-electron chi connectivity index (χ2n) is 7.73. The summed E-state index contributed by atoms with van der Waals surface area (Å²) >= 11 is 0. The molecule has 0 spiro atoms. The number of nitro groups is 1. The van der Waals surface area contributed by atoms with Gasteiger partial charge >= 0.3 is 11.6 Å². The predicted octanol–water partition coefficient (Wildman–Crippen LogP) is 6.34. The molecule has 0 amide bonds. The van der Waals surface area contributed by atoms with Gasteiger partial charge in [0.2, 0.25) is 5.82 Å². The third-order valence-corrected chi connectivity index (χ3v) is 5.61. The molecule has 0 saturated heterocycles. The summed E-state index contributed by atoms with van der Waals surface area (Å²) in [4.78, 5) is 26.6. The average molecular weight is 451 g/mol. The molecule has 0 N–H and O–H groups in total. The van der Waals surface area contributed by atoms with E-state index in [4.69, 9.17) is 4.74 Å². The molecule has 3 aromatic carbocycles. The van der Waals surface area contributed by atoms with Crippen LogP contribution < -0.4 is 9.64 Å². The van der Waals surface area contributed by atoms with Crippen LogP contribution in [0.15, 0.2) is 79.1 Å². The molecule has 0 aliphatic heterocycles. The lowest BCUT2D eigenvalue weighted by atomic mass is 10.1. The minimum atomic E-state index is -0.498. The molecule has 0 saturated carbocycles. The van der Waals surface area contributed by atoms with Gasteiger partial charge in [-0.15, -0.1) is 0 Å². The van der Waals surface area contributed by atoms with E-state index in [-0.39, 0.29) is 17.4 Å². The standard InChI is InChI=1S/C26H21N5O3/c1-3-30(21-12-6-9-18-8-4-5-11-20(18)21)25-24(31(32)33)26(28-16-27-25)34-22-13-7-10-19-15-14-17(2)29-23(19)22/h4-16H,3H2,1-2H3. The Morgan fingerprint density at radius 3 is 2.53 bits per heavy atom. The summed E-state index contributed by atoms with van der Waals surface area (Å²) in [5, 5.41) is 15.1. The normalized spacial score (nSPS) is 11.0. The maximum absolute atomic E-state index is 12.3. The summed E-state index contributed by atoms with van der Waals surface area (Å²) in [7, 11) is 0. The highest BCUT2D eigenvalue weighted by Crippen LogP contribution is 2.41. The fourth-order valence-corrected chi connectivity index (χ4v) is 4.07. The van der Waals surface area contributed by atoms with Gasteiger partial charge in [-0.25, -0.2) is 9.97 Å². The van der Waals surface area contributed by atoms with Crippen molar-refractivity contribution >= 4 is 38.9 Å². The van der Waals surface area contributed by atoms with E-state index < -0.39 is 4.92 Å². The number of ether oxygens (including phenoxy) is 1. The van der Waals surface area contributed by atoms with Crippen LogP contribution in [-0.4, -0.2) is 26.4 Å². The number of hydrogen-bond donors (Lipinski definition) is 0. The fourth-order valence-electron chi connectivity index (χ4n) is 4.07. The molecule has 168 valence electrons. The molecular formula is C26H21N5O3. The number of nitrogens with zero attached hydrogens (tertiary/aromatic N) is 5. The van der Waals surface area contributed by atoms with Gasteiger partial charge in [-0.05, 0) is 37.4 Å². The predicted molar refractivity (Wildman–Crippen MR) is 132 cm³/mol. The number of aryl methyl sites for hydroxylation is 1. The molecule has 5 rings (SSSR count). The summed E-state index contributed by atoms with van der Waals surface area (Å²) in [6.45, 7) is 4.26. The van der Waals surface area contributed by atoms with Crippen molar-refractivity contribution in [3.8, 4) is 11.6 Å². The van der Waals surface area contributed by atoms with E-state index in [0.29, 0.717) is 17.8 Å². The summed E-state index contributed by atoms with van der Waals surface area (Å²) in [6.07, 6.45) is 1.29. The van der Waals surface area contributed by atoms with Crippen LogP contribution in [-0.2, 0) is 0 Å². The van der Waals surface area contributed by atoms with Crippen LogP contribution in [0.25, 0.3) is 21.7 Å². The first kappa shape index (κ1) is 21.3. The zero-order valence-electron chi connectivity index (χ0n) is 18.7. The monoisotopic (exact) mass is 451 g/mol. The van der Waals surface area contributed by atoms with Gasteiger partial charge in [-0.2, -0.15) is 4.98 Å². The van der Waals surface area contributed by atoms with E-state index in [9.17, 15) is 10.1 Å². The Labute approximate surface area is 195 Å². The third kappa shape index (κ3) is 3.75. The molecule has 8 heteroatoms. The van der Waals surface area contributed by atoms with E-state index in [1.807, 2.05) is 80.6 Å². The summed E-state index contributed by atoms with van der Waals surface area (Å²) in [6, 6.07) is 23.0. The number of rotatable bonds is 6. The van der Waals surface area contributed by atoms with Gasteiger partial charge in [-0.3, -0.25) is 10.1 Å². The van der Waals surface area contributed by atoms with E-state index in [1.54, 1.807) is 11.0 Å². The van der Waals surface area contributed by atoms with Gasteiger partial charge in [0, 0.05) is 23.0 Å². The zero-order valence-corrected chi connectivity index (χ0v) is 18.7. The zero-order chi connectivity index (χ0) is 23.7. The van der Waals surface area contributed by atoms with E-state index in [1.165, 1.54) is 6.33 Å². The van der Waals surface area contributed by atoms with Crippen LogP contribution in [0.3, 0.4) is 0 Å². The molecule has 0 fully saturated rings. The highest BCUT2D eigenvalue weighted by Gasteiger charge is 2.30. The van der Waals surface area contributed by atoms with Crippen molar-refractivity contribution in [3.63, 3.8) is 0 Å². The van der Waals surface area contributed by atoms with Crippen molar-refractivity contribution < 1.29 is 9.66 Å². The van der Waals surface area contributed by atoms with Gasteiger partial charge in [-0.1, -0.05) is 54.6 Å². The highest BCUT2D eigenvalue weighted by molar-refractivity contribution is 5.96. The first-order valence-corrected chi connectivity index (χ1v) is 10.9. The molecule has 0 aliphatic rings. The number of anilines is 2. The topological polar surface area (TPSA) is 94.3 Å². The lowest BCUT2D eigenvalue weighted by Gasteiger charge is -2.23. The smallest absolute Gasteiger partial charge is 0.373 e. The van der Waals surface area contributed by atoms with Crippen LogP contribution >= 0.6 is 0 Å². The average Bonchev–Trinajstić information content (AvgIpc) is 2.85. The van der Waals surface area contributed by atoms with Crippen molar-refractivity contribution in [1.82, 2.24) is 15.0 Å². The summed E-state index contributed by atoms with van der Waals surface area (Å²) in [5.41, 5.74) is 1.94. The van der Waals surface area contributed by atoms with Gasteiger partial charge < -0.3 is 9.64 Å². The Kier molecular flexibility index (Phi) is 5.47. The molecule has 0 atom stereocenters. The number of fused-ring (bicyclic) bond motifs is 2. The van der Waals surface area contributed by atoms with E-state index >= 15 is 0 Å². The van der Waals surface area contributed by atoms with Crippen LogP contribution in [0.5, 0.6) is 11.6 Å². The Morgan fingerprint density at radius 2 is 1.71 bits per heavy atom. The van der Waals surface area contributed by atoms with Crippen molar-refractivity contribution in [2.45, 2.75) is 13.8 Å². The van der Waals surface area contributed by atoms with Gasteiger partial charge in [0.1, 0.15) is 11.8 Å². The van der Waals surface area contributed by atoms with Crippen molar-refractivity contribution in [2.75, 3.05) is 11.4 Å². The summed E-state index contributed by atoms with van der Waals surface area (Å²) in [5.74, 6) is 0.421.